The highest BCUT2D eigenvalue weighted by Crippen LogP contribution is 2.36. The lowest BCUT2D eigenvalue weighted by Gasteiger charge is -2.35. The Balaban J connectivity index is 1.48. The van der Waals surface area contributed by atoms with Crippen LogP contribution in [0.25, 0.3) is 0 Å². The Bertz CT molecular complexity index is 945. The Morgan fingerprint density at radius 2 is 1.65 bits per heavy atom. The molecule has 3 rings (SSSR count). The van der Waals surface area contributed by atoms with Gasteiger partial charge in [-0.05, 0) is 49.5 Å². The lowest BCUT2D eigenvalue weighted by molar-refractivity contribution is -0.137. The predicted molar refractivity (Wildman–Crippen MR) is 120 cm³/mol. The third-order valence-corrected chi connectivity index (χ3v) is 5.57. The Hall–Kier alpha value is -2.36. The van der Waals surface area contributed by atoms with Gasteiger partial charge in [0.1, 0.15) is 0 Å². The molecule has 2 N–H and O–H groups in total. The summed E-state index contributed by atoms with van der Waals surface area (Å²) in [7, 11) is 0. The number of hydrogen-bond acceptors (Lipinski definition) is 3. The van der Waals surface area contributed by atoms with Gasteiger partial charge in [0, 0.05) is 37.6 Å². The van der Waals surface area contributed by atoms with E-state index in [1.165, 1.54) is 6.07 Å². The smallest absolute Gasteiger partial charge is 0.346 e. The number of benzene rings is 2. The number of anilines is 2. The van der Waals surface area contributed by atoms with Crippen molar-refractivity contribution in [2.75, 3.05) is 43.4 Å². The third-order valence-electron chi connectivity index (χ3n) is 4.89. The summed E-state index contributed by atoms with van der Waals surface area (Å²) in [6.45, 7) is 4.60. The summed E-state index contributed by atoms with van der Waals surface area (Å²) < 4.78 is 38.9. The topological polar surface area (TPSA) is 47.6 Å². The highest BCUT2D eigenvalue weighted by atomic mass is 35.5. The summed E-state index contributed by atoms with van der Waals surface area (Å²) in [4.78, 5) is 16.2. The SMILES string of the molecule is Cc1ccc(NC(=S)N2CCN(CC(=O)Nc3ccc(Cl)c(C(F)(F)F)c3)CC2)cc1. The van der Waals surface area contributed by atoms with Crippen LogP contribution in [0, 0.1) is 6.92 Å². The summed E-state index contributed by atoms with van der Waals surface area (Å²) in [5, 5.41) is 5.93. The molecule has 0 spiro atoms. The van der Waals surface area contributed by atoms with Crippen LogP contribution < -0.4 is 10.6 Å². The Kier molecular flexibility index (Phi) is 7.40. The van der Waals surface area contributed by atoms with Crippen molar-refractivity contribution < 1.29 is 18.0 Å². The molecule has 2 aromatic carbocycles. The maximum absolute atomic E-state index is 13.0. The van der Waals surface area contributed by atoms with Crippen LogP contribution in [0.5, 0.6) is 0 Å². The fraction of sp³-hybridized carbons (Fsp3) is 0.333. The van der Waals surface area contributed by atoms with Gasteiger partial charge in [-0.15, -0.1) is 0 Å². The summed E-state index contributed by atoms with van der Waals surface area (Å²) in [5.74, 6) is -0.385. The van der Waals surface area contributed by atoms with Gasteiger partial charge in [0.2, 0.25) is 5.91 Å². The molecule has 0 radical (unpaired) electrons. The zero-order valence-electron chi connectivity index (χ0n) is 16.8. The predicted octanol–water partition coefficient (Wildman–Crippen LogP) is 4.62. The van der Waals surface area contributed by atoms with Crippen molar-refractivity contribution in [1.82, 2.24) is 9.80 Å². The second-order valence-corrected chi connectivity index (χ2v) is 8.09. The Labute approximate surface area is 189 Å². The van der Waals surface area contributed by atoms with Crippen molar-refractivity contribution in [3.63, 3.8) is 0 Å². The van der Waals surface area contributed by atoms with Gasteiger partial charge in [0.25, 0.3) is 0 Å². The number of carbonyl (C=O) groups excluding carboxylic acids is 1. The van der Waals surface area contributed by atoms with Gasteiger partial charge in [-0.2, -0.15) is 13.2 Å². The highest BCUT2D eigenvalue weighted by molar-refractivity contribution is 7.80. The van der Waals surface area contributed by atoms with Crippen molar-refractivity contribution in [2.45, 2.75) is 13.1 Å². The molecule has 0 aromatic heterocycles. The van der Waals surface area contributed by atoms with Gasteiger partial charge in [-0.3, -0.25) is 9.69 Å². The number of hydrogen-bond donors (Lipinski definition) is 2. The number of rotatable bonds is 4. The molecule has 5 nitrogen and oxygen atoms in total. The van der Waals surface area contributed by atoms with E-state index in [2.05, 4.69) is 10.6 Å². The van der Waals surface area contributed by atoms with E-state index in [9.17, 15) is 18.0 Å². The molecule has 0 aliphatic carbocycles. The number of piperazine rings is 1. The maximum atomic E-state index is 13.0. The quantitative estimate of drug-likeness (QED) is 0.638. The molecule has 0 unspecified atom stereocenters. The molecule has 1 aliphatic heterocycles. The minimum absolute atomic E-state index is 0.0591. The largest absolute Gasteiger partial charge is 0.417 e. The van der Waals surface area contributed by atoms with Crippen LogP contribution >= 0.6 is 23.8 Å². The molecule has 1 saturated heterocycles. The molecule has 0 atom stereocenters. The van der Waals surface area contributed by atoms with E-state index in [1.807, 2.05) is 41.0 Å². The van der Waals surface area contributed by atoms with Crippen molar-refractivity contribution >= 4 is 46.2 Å². The van der Waals surface area contributed by atoms with Crippen LogP contribution in [0.4, 0.5) is 24.5 Å². The Morgan fingerprint density at radius 3 is 2.26 bits per heavy atom. The van der Waals surface area contributed by atoms with Crippen LogP contribution in [0.1, 0.15) is 11.1 Å². The molecule has 1 heterocycles. The standard InChI is InChI=1S/C21H22ClF3N4OS/c1-14-2-4-15(5-3-14)27-20(31)29-10-8-28(9-11-29)13-19(30)26-16-6-7-18(22)17(12-16)21(23,24)25/h2-7,12H,8-11,13H2,1H3,(H,26,30)(H,27,31). The lowest BCUT2D eigenvalue weighted by atomic mass is 10.2. The van der Waals surface area contributed by atoms with E-state index >= 15 is 0 Å². The van der Waals surface area contributed by atoms with Gasteiger partial charge < -0.3 is 15.5 Å². The molecule has 0 saturated carbocycles. The average molecular weight is 471 g/mol. The number of halogens is 4. The van der Waals surface area contributed by atoms with Gasteiger partial charge in [-0.25, -0.2) is 0 Å². The van der Waals surface area contributed by atoms with E-state index in [0.717, 1.165) is 23.4 Å². The summed E-state index contributed by atoms with van der Waals surface area (Å²) in [6, 6.07) is 11.2. The first kappa shape index (κ1) is 23.3. The van der Waals surface area contributed by atoms with Crippen LogP contribution in [0.15, 0.2) is 42.5 Å². The maximum Gasteiger partial charge on any atom is 0.417 e. The zero-order valence-corrected chi connectivity index (χ0v) is 18.4. The fourth-order valence-corrected chi connectivity index (χ4v) is 3.70. The molecule has 166 valence electrons. The van der Waals surface area contributed by atoms with E-state index in [0.29, 0.717) is 31.3 Å². The van der Waals surface area contributed by atoms with Crippen molar-refractivity contribution in [3.8, 4) is 0 Å². The highest BCUT2D eigenvalue weighted by Gasteiger charge is 2.33. The summed E-state index contributed by atoms with van der Waals surface area (Å²) >= 11 is 11.1. The van der Waals surface area contributed by atoms with Crippen molar-refractivity contribution in [3.05, 3.63) is 58.6 Å². The number of thiocarbonyl (C=S) groups is 1. The molecule has 0 bridgehead atoms. The van der Waals surface area contributed by atoms with Crippen LogP contribution in [-0.2, 0) is 11.0 Å². The fourth-order valence-electron chi connectivity index (χ4n) is 3.17. The molecule has 2 aromatic rings. The lowest BCUT2D eigenvalue weighted by Crippen LogP contribution is -2.51. The number of amides is 1. The first-order valence-corrected chi connectivity index (χ1v) is 10.4. The normalized spacial score (nSPS) is 14.9. The molecule has 31 heavy (non-hydrogen) atoms. The van der Waals surface area contributed by atoms with E-state index < -0.39 is 16.8 Å². The Morgan fingerprint density at radius 1 is 1.03 bits per heavy atom. The molecule has 1 fully saturated rings. The van der Waals surface area contributed by atoms with Crippen molar-refractivity contribution in [1.29, 1.82) is 0 Å². The van der Waals surface area contributed by atoms with Crippen LogP contribution in [-0.4, -0.2) is 53.5 Å². The molecule has 1 aliphatic rings. The number of alkyl halides is 3. The number of carbonyl (C=O) groups is 1. The number of nitrogens with zero attached hydrogens (tertiary/aromatic N) is 2. The molecule has 1 amide bonds. The van der Waals surface area contributed by atoms with Crippen LogP contribution in [0.3, 0.4) is 0 Å². The first-order valence-electron chi connectivity index (χ1n) is 9.63. The monoisotopic (exact) mass is 470 g/mol. The summed E-state index contributed by atoms with van der Waals surface area (Å²) in [5.41, 5.74) is 1.16. The average Bonchev–Trinajstić information content (AvgIpc) is 2.71. The van der Waals surface area contributed by atoms with E-state index in [4.69, 9.17) is 23.8 Å². The van der Waals surface area contributed by atoms with Gasteiger partial charge >= 0.3 is 6.18 Å². The van der Waals surface area contributed by atoms with E-state index in [-0.39, 0.29) is 18.1 Å². The second kappa shape index (κ2) is 9.84. The zero-order chi connectivity index (χ0) is 22.6. The molecular formula is C21H22ClF3N4OS. The van der Waals surface area contributed by atoms with Crippen molar-refractivity contribution in [2.24, 2.45) is 0 Å². The minimum Gasteiger partial charge on any atom is -0.346 e. The van der Waals surface area contributed by atoms with Gasteiger partial charge in [-0.1, -0.05) is 29.3 Å². The van der Waals surface area contributed by atoms with Gasteiger partial charge in [0.15, 0.2) is 5.11 Å². The third kappa shape index (κ3) is 6.56. The number of aryl methyl sites for hydroxylation is 1. The molecule has 10 heteroatoms. The van der Waals surface area contributed by atoms with Gasteiger partial charge in [0.05, 0.1) is 17.1 Å². The first-order chi connectivity index (χ1) is 14.6. The van der Waals surface area contributed by atoms with Crippen LogP contribution in [0.2, 0.25) is 5.02 Å². The summed E-state index contributed by atoms with van der Waals surface area (Å²) in [6.07, 6.45) is -4.58. The van der Waals surface area contributed by atoms with E-state index in [1.54, 1.807) is 0 Å². The second-order valence-electron chi connectivity index (χ2n) is 7.30. The molecular weight excluding hydrogens is 449 g/mol. The number of nitrogens with one attached hydrogen (secondary N) is 2. The minimum atomic E-state index is -4.58.